The van der Waals surface area contributed by atoms with Crippen molar-refractivity contribution in [1.82, 2.24) is 0 Å². The summed E-state index contributed by atoms with van der Waals surface area (Å²) in [6.45, 7) is 1.65. The van der Waals surface area contributed by atoms with Gasteiger partial charge in [0.1, 0.15) is 11.5 Å². The first-order chi connectivity index (χ1) is 9.33. The topological polar surface area (TPSA) is 47.9 Å². The highest BCUT2D eigenvalue weighted by Crippen LogP contribution is 2.46. The summed E-state index contributed by atoms with van der Waals surface area (Å²) in [5, 5.41) is 0.670. The SMILES string of the molecule is O=C=NCc1c2c(c(Cl)c3c1OCCC3)OCCC2. The molecule has 0 unspecified atom stereocenters. The molecule has 1 aromatic rings. The zero-order valence-corrected chi connectivity index (χ0v) is 11.3. The second kappa shape index (κ2) is 5.24. The summed E-state index contributed by atoms with van der Waals surface area (Å²) < 4.78 is 11.5. The quantitative estimate of drug-likeness (QED) is 0.618. The number of benzene rings is 1. The average Bonchev–Trinajstić information content (AvgIpc) is 2.47. The van der Waals surface area contributed by atoms with Crippen LogP contribution in [0.4, 0.5) is 0 Å². The first-order valence-electron chi connectivity index (χ1n) is 6.48. The van der Waals surface area contributed by atoms with Crippen molar-refractivity contribution in [2.24, 2.45) is 4.99 Å². The van der Waals surface area contributed by atoms with Crippen LogP contribution in [0.3, 0.4) is 0 Å². The van der Waals surface area contributed by atoms with Crippen molar-refractivity contribution in [3.63, 3.8) is 0 Å². The van der Waals surface area contributed by atoms with Gasteiger partial charge in [-0.1, -0.05) is 11.6 Å². The molecule has 0 radical (unpaired) electrons. The van der Waals surface area contributed by atoms with Crippen molar-refractivity contribution in [2.75, 3.05) is 13.2 Å². The largest absolute Gasteiger partial charge is 0.493 e. The maximum atomic E-state index is 10.4. The number of ether oxygens (including phenoxy) is 2. The lowest BCUT2D eigenvalue weighted by molar-refractivity contribution is 0.270. The number of rotatable bonds is 2. The molecule has 0 spiro atoms. The first kappa shape index (κ1) is 12.5. The highest BCUT2D eigenvalue weighted by atomic mass is 35.5. The zero-order chi connectivity index (χ0) is 13.2. The van der Waals surface area contributed by atoms with E-state index >= 15 is 0 Å². The summed E-state index contributed by atoms with van der Waals surface area (Å²) in [6.07, 6.45) is 5.24. The lowest BCUT2D eigenvalue weighted by Gasteiger charge is -2.28. The summed E-state index contributed by atoms with van der Waals surface area (Å²) in [6, 6.07) is 0. The maximum Gasteiger partial charge on any atom is 0.235 e. The Labute approximate surface area is 116 Å². The van der Waals surface area contributed by atoms with Gasteiger partial charge in [0.05, 0.1) is 24.8 Å². The van der Waals surface area contributed by atoms with Crippen molar-refractivity contribution in [2.45, 2.75) is 32.2 Å². The highest BCUT2D eigenvalue weighted by Gasteiger charge is 2.28. The molecule has 3 rings (SSSR count). The molecule has 0 aromatic heterocycles. The van der Waals surface area contributed by atoms with Crippen LogP contribution in [0.15, 0.2) is 4.99 Å². The molecule has 0 aliphatic carbocycles. The number of nitrogens with zero attached hydrogens (tertiary/aromatic N) is 1. The smallest absolute Gasteiger partial charge is 0.235 e. The molecule has 2 aliphatic heterocycles. The minimum Gasteiger partial charge on any atom is -0.493 e. The minimum absolute atomic E-state index is 0.286. The molecule has 0 atom stereocenters. The van der Waals surface area contributed by atoms with Gasteiger partial charge in [-0.05, 0) is 25.7 Å². The molecule has 2 heterocycles. The van der Waals surface area contributed by atoms with Gasteiger partial charge in [0, 0.05) is 16.7 Å². The predicted octanol–water partition coefficient (Wildman–Crippen LogP) is 2.83. The number of carbonyl (C=O) groups excluding carboxylic acids is 1. The fourth-order valence-electron chi connectivity index (χ4n) is 2.76. The van der Waals surface area contributed by atoms with Gasteiger partial charge < -0.3 is 9.47 Å². The Bertz CT molecular complexity index is 527. The summed E-state index contributed by atoms with van der Waals surface area (Å²) in [5.41, 5.74) is 2.97. The standard InChI is InChI=1S/C14H14ClNO3/c15-12-10-4-2-5-18-13(10)11(7-16-8-17)9-3-1-6-19-14(9)12/h1-7H2. The van der Waals surface area contributed by atoms with Gasteiger partial charge >= 0.3 is 0 Å². The van der Waals surface area contributed by atoms with E-state index < -0.39 is 0 Å². The zero-order valence-electron chi connectivity index (χ0n) is 10.5. The third kappa shape index (κ3) is 2.11. The molecular weight excluding hydrogens is 266 g/mol. The first-order valence-corrected chi connectivity index (χ1v) is 6.86. The van der Waals surface area contributed by atoms with Crippen LogP contribution in [-0.2, 0) is 24.2 Å². The van der Waals surface area contributed by atoms with E-state index in [1.807, 2.05) is 0 Å². The summed E-state index contributed by atoms with van der Waals surface area (Å²) in [7, 11) is 0. The summed E-state index contributed by atoms with van der Waals surface area (Å²) in [5.74, 6) is 1.56. The minimum atomic E-state index is 0.286. The van der Waals surface area contributed by atoms with Crippen molar-refractivity contribution < 1.29 is 14.3 Å². The molecule has 0 amide bonds. The van der Waals surface area contributed by atoms with E-state index in [1.165, 1.54) is 0 Å². The van der Waals surface area contributed by atoms with E-state index in [4.69, 9.17) is 21.1 Å². The number of isocyanates is 1. The Hall–Kier alpha value is -1.51. The van der Waals surface area contributed by atoms with Crippen LogP contribution in [0.1, 0.15) is 29.5 Å². The molecule has 0 bridgehead atoms. The number of fused-ring (bicyclic) bond motifs is 2. The van der Waals surface area contributed by atoms with Gasteiger partial charge in [-0.2, -0.15) is 0 Å². The van der Waals surface area contributed by atoms with Gasteiger partial charge in [-0.3, -0.25) is 0 Å². The average molecular weight is 280 g/mol. The number of halogens is 1. The molecule has 4 nitrogen and oxygen atoms in total. The molecule has 5 heteroatoms. The highest BCUT2D eigenvalue weighted by molar-refractivity contribution is 6.33. The molecule has 1 aromatic carbocycles. The van der Waals surface area contributed by atoms with Gasteiger partial charge in [0.2, 0.25) is 6.08 Å². The summed E-state index contributed by atoms with van der Waals surface area (Å²) in [4.78, 5) is 14.1. The van der Waals surface area contributed by atoms with E-state index in [0.29, 0.717) is 18.2 Å². The molecule has 2 aliphatic rings. The lowest BCUT2D eigenvalue weighted by Crippen LogP contribution is -2.17. The van der Waals surface area contributed by atoms with E-state index in [2.05, 4.69) is 4.99 Å². The van der Waals surface area contributed by atoms with Crippen molar-refractivity contribution in [3.05, 3.63) is 21.7 Å². The molecule has 0 fully saturated rings. The lowest BCUT2D eigenvalue weighted by atomic mass is 9.93. The molecule has 19 heavy (non-hydrogen) atoms. The molecule has 0 saturated carbocycles. The second-order valence-electron chi connectivity index (χ2n) is 4.72. The number of hydrogen-bond acceptors (Lipinski definition) is 4. The Morgan fingerprint density at radius 2 is 1.79 bits per heavy atom. The van der Waals surface area contributed by atoms with E-state index in [9.17, 15) is 4.79 Å². The van der Waals surface area contributed by atoms with Gasteiger partial charge in [-0.15, -0.1) is 0 Å². The maximum absolute atomic E-state index is 10.4. The third-order valence-corrected chi connectivity index (χ3v) is 3.99. The Morgan fingerprint density at radius 1 is 1.11 bits per heavy atom. The van der Waals surface area contributed by atoms with Crippen LogP contribution in [0.2, 0.25) is 5.02 Å². The van der Waals surface area contributed by atoms with Crippen molar-refractivity contribution >= 4 is 17.7 Å². The third-order valence-electron chi connectivity index (χ3n) is 3.59. The van der Waals surface area contributed by atoms with Crippen molar-refractivity contribution in [1.29, 1.82) is 0 Å². The van der Waals surface area contributed by atoms with Crippen LogP contribution in [-0.4, -0.2) is 19.3 Å². The van der Waals surface area contributed by atoms with Crippen LogP contribution < -0.4 is 9.47 Å². The Balaban J connectivity index is 2.21. The Kier molecular flexibility index (Phi) is 3.45. The fraction of sp³-hybridized carbons (Fsp3) is 0.500. The Morgan fingerprint density at radius 3 is 2.53 bits per heavy atom. The normalized spacial score (nSPS) is 16.5. The van der Waals surface area contributed by atoms with E-state index in [0.717, 1.165) is 53.9 Å². The summed E-state index contributed by atoms with van der Waals surface area (Å²) >= 11 is 6.44. The van der Waals surface area contributed by atoms with Crippen LogP contribution in [0.5, 0.6) is 11.5 Å². The molecule has 0 N–H and O–H groups in total. The van der Waals surface area contributed by atoms with Gasteiger partial charge in [0.25, 0.3) is 0 Å². The predicted molar refractivity (Wildman–Crippen MR) is 70.9 cm³/mol. The number of aliphatic imine (C=N–C) groups is 1. The van der Waals surface area contributed by atoms with Crippen LogP contribution in [0.25, 0.3) is 0 Å². The van der Waals surface area contributed by atoms with Crippen molar-refractivity contribution in [3.8, 4) is 11.5 Å². The van der Waals surface area contributed by atoms with Gasteiger partial charge in [0.15, 0.2) is 0 Å². The molecule has 0 saturated heterocycles. The van der Waals surface area contributed by atoms with Crippen LogP contribution in [0, 0.1) is 0 Å². The van der Waals surface area contributed by atoms with E-state index in [-0.39, 0.29) is 6.54 Å². The van der Waals surface area contributed by atoms with Crippen LogP contribution >= 0.6 is 11.6 Å². The van der Waals surface area contributed by atoms with Gasteiger partial charge in [-0.25, -0.2) is 9.79 Å². The number of hydrogen-bond donors (Lipinski definition) is 0. The fourth-order valence-corrected chi connectivity index (χ4v) is 3.11. The van der Waals surface area contributed by atoms with E-state index in [1.54, 1.807) is 6.08 Å². The molecule has 100 valence electrons. The monoisotopic (exact) mass is 279 g/mol. The second-order valence-corrected chi connectivity index (χ2v) is 5.10. The molecular formula is C14H14ClNO3.